The number of pyridine rings is 2. The molecular weight excluding hydrogens is 532 g/mol. The van der Waals surface area contributed by atoms with Crippen molar-refractivity contribution in [3.63, 3.8) is 0 Å². The summed E-state index contributed by atoms with van der Waals surface area (Å²) < 4.78 is 23.1. The van der Waals surface area contributed by atoms with Gasteiger partial charge in [-0.25, -0.2) is 19.6 Å². The Kier molecular flexibility index (Phi) is 16.7. The molecule has 0 unspecified atom stereocenters. The fourth-order valence-electron chi connectivity index (χ4n) is 4.03. The van der Waals surface area contributed by atoms with E-state index in [9.17, 15) is 19.8 Å². The highest BCUT2D eigenvalue weighted by molar-refractivity contribution is 5.85. The molecule has 2 aromatic rings. The molecule has 3 rings (SSSR count). The molecule has 12 nitrogen and oxygen atoms in total. The first-order chi connectivity index (χ1) is 19.9. The molecule has 0 atom stereocenters. The highest BCUT2D eigenvalue weighted by Crippen LogP contribution is 2.09. The van der Waals surface area contributed by atoms with Crippen LogP contribution in [0.5, 0.6) is 0 Å². The number of carbonyl (C=O) groups is 2. The van der Waals surface area contributed by atoms with Crippen molar-refractivity contribution in [3.05, 3.63) is 58.7 Å². The first-order valence-corrected chi connectivity index (χ1v) is 14.1. The van der Waals surface area contributed by atoms with Crippen molar-refractivity contribution < 1.29 is 38.7 Å². The minimum Gasteiger partial charge on any atom is -0.477 e. The lowest BCUT2D eigenvalue weighted by atomic mass is 10.2. The van der Waals surface area contributed by atoms with Crippen LogP contribution in [0.2, 0.25) is 0 Å². The second kappa shape index (κ2) is 20.0. The number of aryl methyl sites for hydroxylation is 1. The molecule has 0 aromatic carbocycles. The average Bonchev–Trinajstić information content (AvgIpc) is 2.95. The molecule has 0 aliphatic carbocycles. The third-order valence-electron chi connectivity index (χ3n) is 5.99. The van der Waals surface area contributed by atoms with Gasteiger partial charge in [0.15, 0.2) is 0 Å². The molecule has 1 fully saturated rings. The monoisotopic (exact) mass is 576 g/mol. The van der Waals surface area contributed by atoms with Crippen molar-refractivity contribution in [2.75, 3.05) is 79.0 Å². The largest absolute Gasteiger partial charge is 0.477 e. The van der Waals surface area contributed by atoms with Crippen molar-refractivity contribution in [2.45, 2.75) is 33.9 Å². The molecule has 0 saturated carbocycles. The standard InChI is InChI=1S/C27H38N4O8.C2H6/c1-21-17-23(29-25(18-21)27(34)35)20-31-7-11-38-15-13-36-9-5-30(6-10-37-14-16-39-12-8-31)19-22-3-2-4-24(28-22)26(32)33;1-2/h2-4,17-18H,5-16,19-20H2,1H3,(H,32,33)(H,34,35);1-2H3. The summed E-state index contributed by atoms with van der Waals surface area (Å²) in [5, 5.41) is 18.5. The zero-order chi connectivity index (χ0) is 29.9. The van der Waals surface area contributed by atoms with Gasteiger partial charge in [-0.15, -0.1) is 0 Å². The van der Waals surface area contributed by atoms with E-state index in [0.717, 1.165) is 5.56 Å². The lowest BCUT2D eigenvalue weighted by molar-refractivity contribution is 0.00597. The SMILES string of the molecule is CC.Cc1cc(CN2CCOCCOCCN(Cc3cccc(C(=O)O)n3)CCOCCOCC2)nc(C(=O)O)c1. The zero-order valence-electron chi connectivity index (χ0n) is 24.4. The highest BCUT2D eigenvalue weighted by Gasteiger charge is 2.13. The van der Waals surface area contributed by atoms with Gasteiger partial charge in [0.1, 0.15) is 11.4 Å². The van der Waals surface area contributed by atoms with Crippen molar-refractivity contribution in [3.8, 4) is 0 Å². The molecule has 1 saturated heterocycles. The summed E-state index contributed by atoms with van der Waals surface area (Å²) in [6.45, 7) is 13.1. The molecule has 41 heavy (non-hydrogen) atoms. The van der Waals surface area contributed by atoms with E-state index in [4.69, 9.17) is 18.9 Å². The Morgan fingerprint density at radius 1 is 0.683 bits per heavy atom. The summed E-state index contributed by atoms with van der Waals surface area (Å²) in [5.41, 5.74) is 2.28. The van der Waals surface area contributed by atoms with E-state index in [1.165, 1.54) is 6.07 Å². The number of hydrogen-bond acceptors (Lipinski definition) is 10. The third-order valence-corrected chi connectivity index (χ3v) is 5.99. The first kappa shape index (κ1) is 34.2. The van der Waals surface area contributed by atoms with Gasteiger partial charge in [-0.3, -0.25) is 9.80 Å². The van der Waals surface area contributed by atoms with Gasteiger partial charge < -0.3 is 29.2 Å². The number of aromatic nitrogens is 2. The molecule has 0 amide bonds. The van der Waals surface area contributed by atoms with Crippen LogP contribution >= 0.6 is 0 Å². The lowest BCUT2D eigenvalue weighted by Crippen LogP contribution is -2.33. The van der Waals surface area contributed by atoms with Crippen molar-refractivity contribution >= 4 is 11.9 Å². The van der Waals surface area contributed by atoms with Gasteiger partial charge in [0, 0.05) is 39.3 Å². The van der Waals surface area contributed by atoms with E-state index in [2.05, 4.69) is 19.8 Å². The molecule has 1 aliphatic heterocycles. The molecule has 2 aromatic heterocycles. The summed E-state index contributed by atoms with van der Waals surface area (Å²) in [7, 11) is 0. The predicted octanol–water partition coefficient (Wildman–Crippen LogP) is 2.59. The van der Waals surface area contributed by atoms with Gasteiger partial charge in [0.25, 0.3) is 0 Å². The van der Waals surface area contributed by atoms with Gasteiger partial charge in [0.05, 0.1) is 64.2 Å². The van der Waals surface area contributed by atoms with Crippen LogP contribution in [0.3, 0.4) is 0 Å². The van der Waals surface area contributed by atoms with E-state index in [1.807, 2.05) is 32.9 Å². The summed E-state index contributed by atoms with van der Waals surface area (Å²) in [4.78, 5) is 35.4. The molecule has 0 radical (unpaired) electrons. The molecular formula is C29H44N4O8. The minimum absolute atomic E-state index is 0.0226. The van der Waals surface area contributed by atoms with Gasteiger partial charge in [-0.1, -0.05) is 19.9 Å². The fraction of sp³-hybridized carbons (Fsp3) is 0.586. The van der Waals surface area contributed by atoms with Crippen molar-refractivity contribution in [1.29, 1.82) is 0 Å². The Morgan fingerprint density at radius 2 is 1.12 bits per heavy atom. The maximum Gasteiger partial charge on any atom is 0.354 e. The Hall–Kier alpha value is -3.00. The molecule has 2 N–H and O–H groups in total. The summed E-state index contributed by atoms with van der Waals surface area (Å²) in [5.74, 6) is -2.09. The van der Waals surface area contributed by atoms with Crippen LogP contribution in [0.15, 0.2) is 30.3 Å². The molecule has 0 bridgehead atoms. The normalized spacial score (nSPS) is 17.4. The van der Waals surface area contributed by atoms with Gasteiger partial charge in [0.2, 0.25) is 0 Å². The molecule has 228 valence electrons. The Bertz CT molecular complexity index is 1040. The van der Waals surface area contributed by atoms with E-state index in [0.29, 0.717) is 104 Å². The predicted molar refractivity (Wildman–Crippen MR) is 152 cm³/mol. The van der Waals surface area contributed by atoms with Gasteiger partial charge >= 0.3 is 11.9 Å². The van der Waals surface area contributed by atoms with E-state index >= 15 is 0 Å². The number of ether oxygens (including phenoxy) is 4. The number of nitrogens with zero attached hydrogens (tertiary/aromatic N) is 4. The Balaban J connectivity index is 0.00000287. The van der Waals surface area contributed by atoms with Crippen molar-refractivity contribution in [1.82, 2.24) is 19.8 Å². The van der Waals surface area contributed by atoms with Crippen LogP contribution in [0.1, 0.15) is 51.8 Å². The lowest BCUT2D eigenvalue weighted by Gasteiger charge is -2.23. The number of carboxylic acids is 2. The van der Waals surface area contributed by atoms with Crippen LogP contribution in [-0.2, 0) is 32.0 Å². The van der Waals surface area contributed by atoms with Crippen LogP contribution in [0, 0.1) is 6.92 Å². The maximum absolute atomic E-state index is 11.4. The average molecular weight is 577 g/mol. The number of carboxylic acid groups (broad SMARTS) is 2. The van der Waals surface area contributed by atoms with Crippen molar-refractivity contribution in [2.24, 2.45) is 0 Å². The number of aromatic carboxylic acids is 2. The summed E-state index contributed by atoms with van der Waals surface area (Å²) >= 11 is 0. The second-order valence-corrected chi connectivity index (χ2v) is 9.15. The van der Waals surface area contributed by atoms with Crippen LogP contribution in [0.4, 0.5) is 0 Å². The summed E-state index contributed by atoms with van der Waals surface area (Å²) in [6, 6.07) is 8.44. The number of hydrogen-bond donors (Lipinski definition) is 2. The van der Waals surface area contributed by atoms with Gasteiger partial charge in [-0.2, -0.15) is 0 Å². The molecule has 3 heterocycles. The van der Waals surface area contributed by atoms with Gasteiger partial charge in [-0.05, 0) is 36.8 Å². The third kappa shape index (κ3) is 14.0. The van der Waals surface area contributed by atoms with E-state index in [1.54, 1.807) is 12.1 Å². The second-order valence-electron chi connectivity index (χ2n) is 9.15. The Labute approximate surface area is 242 Å². The quantitative estimate of drug-likeness (QED) is 0.522. The van der Waals surface area contributed by atoms with E-state index < -0.39 is 11.9 Å². The number of rotatable bonds is 6. The molecule has 12 heteroatoms. The van der Waals surface area contributed by atoms with E-state index in [-0.39, 0.29) is 11.4 Å². The van der Waals surface area contributed by atoms with Crippen LogP contribution in [-0.4, -0.2) is 121 Å². The highest BCUT2D eigenvalue weighted by atomic mass is 16.5. The minimum atomic E-state index is -1.05. The Morgan fingerprint density at radius 3 is 1.59 bits per heavy atom. The first-order valence-electron chi connectivity index (χ1n) is 14.1. The topological polar surface area (TPSA) is 144 Å². The molecule has 1 aliphatic rings. The van der Waals surface area contributed by atoms with Crippen LogP contribution < -0.4 is 0 Å². The smallest absolute Gasteiger partial charge is 0.354 e. The molecule has 0 spiro atoms. The fourth-order valence-corrected chi connectivity index (χ4v) is 4.03. The van der Waals surface area contributed by atoms with Crippen LogP contribution in [0.25, 0.3) is 0 Å². The zero-order valence-corrected chi connectivity index (χ0v) is 24.4. The maximum atomic E-state index is 11.4. The summed E-state index contributed by atoms with van der Waals surface area (Å²) in [6.07, 6.45) is 0.